The van der Waals surface area contributed by atoms with Gasteiger partial charge >= 0.3 is 0 Å². The van der Waals surface area contributed by atoms with Crippen LogP contribution in [-0.4, -0.2) is 16.3 Å². The van der Waals surface area contributed by atoms with Crippen molar-refractivity contribution in [2.75, 3.05) is 6.54 Å². The van der Waals surface area contributed by atoms with E-state index in [1.54, 1.807) is 18.3 Å². The quantitative estimate of drug-likeness (QED) is 0.795. The van der Waals surface area contributed by atoms with E-state index in [1.165, 1.54) is 6.07 Å². The molecule has 2 rings (SSSR count). The molecule has 1 aromatic heterocycles. The van der Waals surface area contributed by atoms with Crippen LogP contribution in [0, 0.1) is 5.82 Å². The predicted molar refractivity (Wildman–Crippen MR) is 69.7 cm³/mol. The van der Waals surface area contributed by atoms with Crippen LogP contribution in [0.3, 0.4) is 0 Å². The van der Waals surface area contributed by atoms with E-state index in [0.29, 0.717) is 0 Å². The molecule has 3 nitrogen and oxygen atoms in total. The molecule has 1 heterocycles. The minimum atomic E-state index is -0.183. The van der Waals surface area contributed by atoms with Crippen molar-refractivity contribution < 1.29 is 4.39 Å². The molecular formula is C14H18FN3. The van der Waals surface area contributed by atoms with Crippen molar-refractivity contribution in [1.82, 2.24) is 15.1 Å². The fourth-order valence-corrected chi connectivity index (χ4v) is 1.89. The SMILES string of the molecule is C[C@H](NCCCn1cccn1)c1cccc(F)c1. The van der Waals surface area contributed by atoms with Gasteiger partial charge in [-0.15, -0.1) is 0 Å². The average Bonchev–Trinajstić information content (AvgIpc) is 2.87. The molecule has 0 spiro atoms. The van der Waals surface area contributed by atoms with E-state index in [0.717, 1.165) is 25.1 Å². The summed E-state index contributed by atoms with van der Waals surface area (Å²) in [4.78, 5) is 0. The van der Waals surface area contributed by atoms with E-state index >= 15 is 0 Å². The number of aromatic nitrogens is 2. The summed E-state index contributed by atoms with van der Waals surface area (Å²) in [6.07, 6.45) is 4.74. The molecule has 0 unspecified atom stereocenters. The van der Waals surface area contributed by atoms with Gasteiger partial charge in [-0.3, -0.25) is 4.68 Å². The largest absolute Gasteiger partial charge is 0.310 e. The van der Waals surface area contributed by atoms with Gasteiger partial charge in [0.25, 0.3) is 0 Å². The molecule has 18 heavy (non-hydrogen) atoms. The van der Waals surface area contributed by atoms with E-state index in [9.17, 15) is 4.39 Å². The highest BCUT2D eigenvalue weighted by Crippen LogP contribution is 2.13. The molecular weight excluding hydrogens is 229 g/mol. The van der Waals surface area contributed by atoms with Gasteiger partial charge in [-0.1, -0.05) is 12.1 Å². The minimum absolute atomic E-state index is 0.165. The third-order valence-corrected chi connectivity index (χ3v) is 2.92. The fraction of sp³-hybridized carbons (Fsp3) is 0.357. The molecule has 0 bridgehead atoms. The summed E-state index contributed by atoms with van der Waals surface area (Å²) in [6, 6.07) is 8.81. The summed E-state index contributed by atoms with van der Waals surface area (Å²) in [5.74, 6) is -0.183. The Morgan fingerprint density at radius 2 is 2.28 bits per heavy atom. The molecule has 0 aliphatic rings. The fourth-order valence-electron chi connectivity index (χ4n) is 1.89. The summed E-state index contributed by atoms with van der Waals surface area (Å²) in [5.41, 5.74) is 0.981. The number of nitrogens with zero attached hydrogens (tertiary/aromatic N) is 2. The second-order valence-electron chi connectivity index (χ2n) is 4.35. The Morgan fingerprint density at radius 3 is 3.00 bits per heavy atom. The summed E-state index contributed by atoms with van der Waals surface area (Å²) < 4.78 is 15.0. The van der Waals surface area contributed by atoms with Crippen molar-refractivity contribution in [3.8, 4) is 0 Å². The predicted octanol–water partition coefficient (Wildman–Crippen LogP) is 2.76. The van der Waals surface area contributed by atoms with Gasteiger partial charge < -0.3 is 5.32 Å². The number of hydrogen-bond donors (Lipinski definition) is 1. The Labute approximate surface area is 107 Å². The first-order valence-electron chi connectivity index (χ1n) is 6.22. The Morgan fingerprint density at radius 1 is 1.39 bits per heavy atom. The lowest BCUT2D eigenvalue weighted by Crippen LogP contribution is -2.21. The molecule has 1 atom stereocenters. The Hall–Kier alpha value is -1.68. The van der Waals surface area contributed by atoms with Gasteiger partial charge in [0.2, 0.25) is 0 Å². The Bertz CT molecular complexity index is 468. The first kappa shape index (κ1) is 12.8. The highest BCUT2D eigenvalue weighted by Gasteiger charge is 2.04. The average molecular weight is 247 g/mol. The van der Waals surface area contributed by atoms with Crippen LogP contribution in [0.1, 0.15) is 24.9 Å². The van der Waals surface area contributed by atoms with Gasteiger partial charge in [0.05, 0.1) is 0 Å². The van der Waals surface area contributed by atoms with Crippen molar-refractivity contribution in [2.24, 2.45) is 0 Å². The third-order valence-electron chi connectivity index (χ3n) is 2.92. The van der Waals surface area contributed by atoms with E-state index in [2.05, 4.69) is 10.4 Å². The van der Waals surface area contributed by atoms with Crippen LogP contribution in [0.5, 0.6) is 0 Å². The van der Waals surface area contributed by atoms with Crippen LogP contribution in [0.4, 0.5) is 4.39 Å². The first-order valence-corrected chi connectivity index (χ1v) is 6.22. The minimum Gasteiger partial charge on any atom is -0.310 e. The summed E-state index contributed by atoms with van der Waals surface area (Å²) >= 11 is 0. The molecule has 0 saturated heterocycles. The summed E-state index contributed by atoms with van der Waals surface area (Å²) in [5, 5.41) is 7.52. The number of aryl methyl sites for hydroxylation is 1. The Kier molecular flexibility index (Phi) is 4.47. The Balaban J connectivity index is 1.73. The lowest BCUT2D eigenvalue weighted by atomic mass is 10.1. The number of benzene rings is 1. The van der Waals surface area contributed by atoms with Crippen LogP contribution < -0.4 is 5.32 Å². The maximum absolute atomic E-state index is 13.1. The molecule has 0 fully saturated rings. The second kappa shape index (κ2) is 6.31. The van der Waals surface area contributed by atoms with Gasteiger partial charge in [0, 0.05) is 25.0 Å². The molecule has 0 aliphatic carbocycles. The maximum Gasteiger partial charge on any atom is 0.123 e. The van der Waals surface area contributed by atoms with Crippen LogP contribution in [-0.2, 0) is 6.54 Å². The molecule has 0 aliphatic heterocycles. The topological polar surface area (TPSA) is 29.9 Å². The number of hydrogen-bond acceptors (Lipinski definition) is 2. The molecule has 96 valence electrons. The van der Waals surface area contributed by atoms with Crippen molar-refractivity contribution in [1.29, 1.82) is 0 Å². The molecule has 4 heteroatoms. The lowest BCUT2D eigenvalue weighted by Gasteiger charge is -2.14. The molecule has 0 amide bonds. The maximum atomic E-state index is 13.1. The van der Waals surface area contributed by atoms with Gasteiger partial charge in [0.1, 0.15) is 5.82 Å². The molecule has 0 saturated carbocycles. The van der Waals surface area contributed by atoms with E-state index < -0.39 is 0 Å². The van der Waals surface area contributed by atoms with Crippen LogP contribution in [0.15, 0.2) is 42.7 Å². The highest BCUT2D eigenvalue weighted by molar-refractivity contribution is 5.19. The molecule has 0 radical (unpaired) electrons. The zero-order valence-electron chi connectivity index (χ0n) is 10.5. The number of rotatable bonds is 6. The van der Waals surface area contributed by atoms with Crippen molar-refractivity contribution in [3.05, 3.63) is 54.1 Å². The smallest absolute Gasteiger partial charge is 0.123 e. The van der Waals surface area contributed by atoms with E-state index in [-0.39, 0.29) is 11.9 Å². The van der Waals surface area contributed by atoms with Crippen molar-refractivity contribution in [3.63, 3.8) is 0 Å². The standard InChI is InChI=1S/C14H18FN3/c1-12(13-5-2-6-14(15)11-13)16-7-3-9-18-10-4-8-17-18/h2,4-6,8,10-12,16H,3,7,9H2,1H3/t12-/m0/s1. The van der Waals surface area contributed by atoms with Crippen LogP contribution in [0.2, 0.25) is 0 Å². The van der Waals surface area contributed by atoms with Crippen molar-refractivity contribution in [2.45, 2.75) is 25.9 Å². The van der Waals surface area contributed by atoms with Crippen LogP contribution >= 0.6 is 0 Å². The van der Waals surface area contributed by atoms with E-state index in [4.69, 9.17) is 0 Å². The van der Waals surface area contributed by atoms with Crippen LogP contribution in [0.25, 0.3) is 0 Å². The molecule has 1 aromatic carbocycles. The van der Waals surface area contributed by atoms with Gasteiger partial charge in [-0.25, -0.2) is 4.39 Å². The first-order chi connectivity index (χ1) is 8.75. The third kappa shape index (κ3) is 3.67. The molecule has 1 N–H and O–H groups in total. The monoisotopic (exact) mass is 247 g/mol. The zero-order chi connectivity index (χ0) is 12.8. The van der Waals surface area contributed by atoms with Gasteiger partial charge in [-0.2, -0.15) is 5.10 Å². The lowest BCUT2D eigenvalue weighted by molar-refractivity contribution is 0.505. The zero-order valence-corrected chi connectivity index (χ0v) is 10.5. The normalized spacial score (nSPS) is 12.6. The number of nitrogens with one attached hydrogen (secondary N) is 1. The number of halogens is 1. The van der Waals surface area contributed by atoms with Crippen molar-refractivity contribution >= 4 is 0 Å². The highest BCUT2D eigenvalue weighted by atomic mass is 19.1. The van der Waals surface area contributed by atoms with Gasteiger partial charge in [0.15, 0.2) is 0 Å². The summed E-state index contributed by atoms with van der Waals surface area (Å²) in [6.45, 7) is 3.83. The van der Waals surface area contributed by atoms with E-state index in [1.807, 2.05) is 29.9 Å². The molecule has 2 aromatic rings. The summed E-state index contributed by atoms with van der Waals surface area (Å²) in [7, 11) is 0. The van der Waals surface area contributed by atoms with Gasteiger partial charge in [-0.05, 0) is 43.7 Å². The second-order valence-corrected chi connectivity index (χ2v) is 4.35.